The fraction of sp³-hybridized carbons (Fsp3) is 0.500. The van der Waals surface area contributed by atoms with Crippen molar-refractivity contribution in [2.24, 2.45) is 0 Å². The molecule has 2 nitrogen and oxygen atoms in total. The molecule has 42 valence electrons. The summed E-state index contributed by atoms with van der Waals surface area (Å²) in [5.41, 5.74) is 0. The summed E-state index contributed by atoms with van der Waals surface area (Å²) < 4.78 is 0. The maximum Gasteiger partial charge on any atom is 0.216 e. The van der Waals surface area contributed by atoms with E-state index in [9.17, 15) is 0 Å². The van der Waals surface area contributed by atoms with Gasteiger partial charge in [0.15, 0.2) is 0 Å². The molecule has 0 radical (unpaired) electrons. The van der Waals surface area contributed by atoms with E-state index in [0.717, 1.165) is 13.1 Å². The summed E-state index contributed by atoms with van der Waals surface area (Å²) in [5.74, 6) is 0. The van der Waals surface area contributed by atoms with Gasteiger partial charge in [-0.3, -0.25) is 0 Å². The van der Waals surface area contributed by atoms with Crippen molar-refractivity contribution in [3.05, 3.63) is 12.4 Å². The molecule has 0 bridgehead atoms. The van der Waals surface area contributed by atoms with Gasteiger partial charge in [-0.05, 0) is 0 Å². The minimum atomic E-state index is 1.15. The van der Waals surface area contributed by atoms with Crippen molar-refractivity contribution in [1.29, 1.82) is 0 Å². The van der Waals surface area contributed by atoms with Gasteiger partial charge in [-0.1, -0.05) is 0 Å². The molecular weight excluding hydrogens is 97.7 g/mol. The van der Waals surface area contributed by atoms with Crippen LogP contribution in [-0.4, -0.2) is 38.7 Å². The minimum absolute atomic E-state index is 1.15. The van der Waals surface area contributed by atoms with Gasteiger partial charge in [-0.25, -0.2) is 0 Å². The third kappa shape index (κ3) is 1.22. The van der Waals surface area contributed by atoms with Crippen LogP contribution in [0, 0.1) is 0 Å². The summed E-state index contributed by atoms with van der Waals surface area (Å²) in [7, 11) is 4.17. The number of hydrogen-bond acceptors (Lipinski definition) is 2. The highest BCUT2D eigenvalue weighted by Gasteiger charge is 1.98. The molecule has 8 heavy (non-hydrogen) atoms. The van der Waals surface area contributed by atoms with E-state index in [4.69, 9.17) is 0 Å². The highest BCUT2D eigenvalue weighted by molar-refractivity contribution is 6.06. The smallest absolute Gasteiger partial charge is 0.216 e. The summed E-state index contributed by atoms with van der Waals surface area (Å²) in [6.07, 6.45) is 4.17. The van der Waals surface area contributed by atoms with Crippen molar-refractivity contribution in [3.8, 4) is 0 Å². The third-order valence-corrected chi connectivity index (χ3v) is 1.38. The molecule has 0 fully saturated rings. The van der Waals surface area contributed by atoms with E-state index in [1.165, 1.54) is 0 Å². The summed E-state index contributed by atoms with van der Waals surface area (Å²) in [6, 6.07) is 0. The van der Waals surface area contributed by atoms with E-state index in [1.54, 1.807) is 0 Å². The standard InChI is InChI=1S/C4H10B2N2/c5-7-1-2-8(6)4-3-7/h1-2H,3-6H2. The van der Waals surface area contributed by atoms with Crippen LogP contribution in [0.3, 0.4) is 0 Å². The maximum absolute atomic E-state index is 2.18. The van der Waals surface area contributed by atoms with E-state index in [1.807, 2.05) is 0 Å². The number of rotatable bonds is 0. The highest BCUT2D eigenvalue weighted by atomic mass is 15.1. The SMILES string of the molecule is BN1C=CN(B)CC1. The Balaban J connectivity index is 2.42. The predicted molar refractivity (Wildman–Crippen MR) is 39.6 cm³/mol. The molecule has 0 aromatic rings. The lowest BCUT2D eigenvalue weighted by molar-refractivity contribution is 0.456. The lowest BCUT2D eigenvalue weighted by Gasteiger charge is -2.26. The van der Waals surface area contributed by atoms with Gasteiger partial charge >= 0.3 is 0 Å². The molecule has 0 saturated heterocycles. The van der Waals surface area contributed by atoms with Gasteiger partial charge in [0.05, 0.1) is 0 Å². The van der Waals surface area contributed by atoms with Crippen LogP contribution < -0.4 is 0 Å². The maximum atomic E-state index is 2.18. The fourth-order valence-corrected chi connectivity index (χ4v) is 0.692. The first-order valence-corrected chi connectivity index (χ1v) is 2.88. The van der Waals surface area contributed by atoms with Crippen molar-refractivity contribution in [2.45, 2.75) is 0 Å². The first kappa shape index (κ1) is 5.60. The Morgan fingerprint density at radius 2 is 1.38 bits per heavy atom. The zero-order valence-corrected chi connectivity index (χ0v) is 5.46. The summed E-state index contributed by atoms with van der Waals surface area (Å²) in [6.45, 7) is 2.29. The molecule has 0 saturated carbocycles. The van der Waals surface area contributed by atoms with Gasteiger partial charge in [-0.2, -0.15) is 0 Å². The topological polar surface area (TPSA) is 6.48 Å². The van der Waals surface area contributed by atoms with Crippen LogP contribution >= 0.6 is 0 Å². The van der Waals surface area contributed by atoms with Crippen molar-refractivity contribution in [3.63, 3.8) is 0 Å². The molecule has 0 N–H and O–H groups in total. The van der Waals surface area contributed by atoms with Crippen molar-refractivity contribution in [2.75, 3.05) is 13.1 Å². The van der Waals surface area contributed by atoms with Crippen LogP contribution in [0.25, 0.3) is 0 Å². The summed E-state index contributed by atoms with van der Waals surface area (Å²) >= 11 is 0. The van der Waals surface area contributed by atoms with Gasteiger partial charge in [0.2, 0.25) is 16.0 Å². The first-order chi connectivity index (χ1) is 3.79. The normalized spacial score (nSPS) is 19.5. The van der Waals surface area contributed by atoms with Crippen LogP contribution in [-0.2, 0) is 0 Å². The lowest BCUT2D eigenvalue weighted by Crippen LogP contribution is -2.31. The molecular formula is C4H10B2N2. The average Bonchev–Trinajstić information content (AvgIpc) is 1.77. The summed E-state index contributed by atoms with van der Waals surface area (Å²) in [4.78, 5) is 4.36. The number of hydrogen-bond donors (Lipinski definition) is 0. The fourth-order valence-electron chi connectivity index (χ4n) is 0.692. The summed E-state index contributed by atoms with van der Waals surface area (Å²) in [5, 5.41) is 0. The second-order valence-electron chi connectivity index (χ2n) is 2.26. The molecule has 0 unspecified atom stereocenters. The molecule has 1 aliphatic rings. The quantitative estimate of drug-likeness (QED) is 0.336. The van der Waals surface area contributed by atoms with E-state index >= 15 is 0 Å². The number of nitrogens with zero attached hydrogens (tertiary/aromatic N) is 2. The Kier molecular flexibility index (Phi) is 1.51. The lowest BCUT2D eigenvalue weighted by atomic mass is 10.2. The molecule has 0 spiro atoms. The molecule has 0 atom stereocenters. The largest absolute Gasteiger partial charge is 0.425 e. The molecule has 1 rings (SSSR count). The first-order valence-electron chi connectivity index (χ1n) is 2.88. The molecule has 0 aromatic carbocycles. The van der Waals surface area contributed by atoms with Crippen LogP contribution in [0.15, 0.2) is 12.4 Å². The highest BCUT2D eigenvalue weighted by Crippen LogP contribution is 1.94. The van der Waals surface area contributed by atoms with E-state index < -0.39 is 0 Å². The molecule has 1 heterocycles. The van der Waals surface area contributed by atoms with Crippen LogP contribution in [0.2, 0.25) is 0 Å². The second kappa shape index (κ2) is 2.16. The van der Waals surface area contributed by atoms with Gasteiger partial charge < -0.3 is 9.62 Å². The van der Waals surface area contributed by atoms with E-state index in [-0.39, 0.29) is 0 Å². The molecule has 0 aromatic heterocycles. The second-order valence-corrected chi connectivity index (χ2v) is 2.26. The molecule has 4 heteroatoms. The molecule has 0 amide bonds. The monoisotopic (exact) mass is 108 g/mol. The zero-order valence-electron chi connectivity index (χ0n) is 5.46. The van der Waals surface area contributed by atoms with Crippen molar-refractivity contribution >= 4 is 16.0 Å². The Labute approximate surface area is 52.0 Å². The third-order valence-electron chi connectivity index (χ3n) is 1.38. The zero-order chi connectivity index (χ0) is 5.98. The van der Waals surface area contributed by atoms with Crippen LogP contribution in [0.1, 0.15) is 0 Å². The van der Waals surface area contributed by atoms with Crippen molar-refractivity contribution in [1.82, 2.24) is 9.62 Å². The van der Waals surface area contributed by atoms with Crippen LogP contribution in [0.4, 0.5) is 0 Å². The van der Waals surface area contributed by atoms with Crippen LogP contribution in [0.5, 0.6) is 0 Å². The molecule has 0 aliphatic carbocycles. The van der Waals surface area contributed by atoms with E-state index in [2.05, 4.69) is 38.0 Å². The van der Waals surface area contributed by atoms with Gasteiger partial charge in [0.1, 0.15) is 0 Å². The van der Waals surface area contributed by atoms with Gasteiger partial charge in [0, 0.05) is 25.5 Å². The Hall–Kier alpha value is -0.530. The predicted octanol–water partition coefficient (Wildman–Crippen LogP) is -1.83. The van der Waals surface area contributed by atoms with E-state index in [0.29, 0.717) is 0 Å². The minimum Gasteiger partial charge on any atom is -0.425 e. The Morgan fingerprint density at radius 1 is 1.00 bits per heavy atom. The van der Waals surface area contributed by atoms with Crippen molar-refractivity contribution < 1.29 is 0 Å². The van der Waals surface area contributed by atoms with Gasteiger partial charge in [0.25, 0.3) is 0 Å². The Bertz CT molecular complexity index is 92.2. The average molecular weight is 108 g/mol. The Morgan fingerprint density at radius 3 is 1.62 bits per heavy atom. The molecule has 1 aliphatic heterocycles. The van der Waals surface area contributed by atoms with Gasteiger partial charge in [-0.15, -0.1) is 0 Å².